The Hall–Kier alpha value is -4.22. The molecule has 0 aromatic rings. The molecule has 0 saturated heterocycles. The zero-order valence-corrected chi connectivity index (χ0v) is 42.4. The van der Waals surface area contributed by atoms with E-state index < -0.39 is 6.10 Å². The average Bonchev–Trinajstić information content (AvgIpc) is 3.32. The molecule has 0 aromatic heterocycles. The van der Waals surface area contributed by atoms with Crippen molar-refractivity contribution in [2.75, 3.05) is 19.8 Å². The van der Waals surface area contributed by atoms with Gasteiger partial charge in [0.05, 0.1) is 6.61 Å². The van der Waals surface area contributed by atoms with E-state index in [0.29, 0.717) is 19.4 Å². The number of rotatable bonds is 46. The van der Waals surface area contributed by atoms with Crippen LogP contribution in [0.3, 0.4) is 0 Å². The topological polar surface area (TPSA) is 61.8 Å². The second-order valence-electron chi connectivity index (χ2n) is 16.7. The van der Waals surface area contributed by atoms with Crippen molar-refractivity contribution in [1.82, 2.24) is 0 Å². The third-order valence-electron chi connectivity index (χ3n) is 10.4. The molecule has 0 fully saturated rings. The SMILES string of the molecule is CC/C=C\C/C=C\C/C=C\C/C=C\C/C=C\C/C=C\CCC(=O)OCC(COCCCCCCCCCCCCCC)OC(=O)CC/C=C\C/C=C\C/C=C\C/C=C\C/C=C\C/C=C\CC. The first kappa shape index (κ1) is 61.8. The second kappa shape index (κ2) is 55.1. The van der Waals surface area contributed by atoms with Crippen molar-refractivity contribution in [3.05, 3.63) is 146 Å². The molecule has 0 bridgehead atoms. The van der Waals surface area contributed by atoms with Crippen LogP contribution in [0.2, 0.25) is 0 Å². The maximum Gasteiger partial charge on any atom is 0.306 e. The smallest absolute Gasteiger partial charge is 0.306 e. The zero-order chi connectivity index (χ0) is 47.7. The van der Waals surface area contributed by atoms with Gasteiger partial charge in [-0.1, -0.05) is 237 Å². The molecule has 0 aliphatic heterocycles. The molecule has 0 aliphatic rings. The normalized spacial score (nSPS) is 13.4. The van der Waals surface area contributed by atoms with E-state index in [9.17, 15) is 9.59 Å². The molecule has 1 atom stereocenters. The number of unbranched alkanes of at least 4 members (excludes halogenated alkanes) is 11. The predicted molar refractivity (Wildman–Crippen MR) is 288 cm³/mol. The second-order valence-corrected chi connectivity index (χ2v) is 16.7. The van der Waals surface area contributed by atoms with Crippen molar-refractivity contribution in [2.24, 2.45) is 0 Å². The molecule has 0 amide bonds. The lowest BCUT2D eigenvalue weighted by Crippen LogP contribution is -2.30. The van der Waals surface area contributed by atoms with Crippen molar-refractivity contribution < 1.29 is 23.8 Å². The summed E-state index contributed by atoms with van der Waals surface area (Å²) in [7, 11) is 0. The van der Waals surface area contributed by atoms with Crippen LogP contribution >= 0.6 is 0 Å². The van der Waals surface area contributed by atoms with Gasteiger partial charge in [-0.25, -0.2) is 0 Å². The van der Waals surface area contributed by atoms with Crippen molar-refractivity contribution in [2.45, 2.75) is 207 Å². The van der Waals surface area contributed by atoms with Crippen molar-refractivity contribution in [3.8, 4) is 0 Å². The first-order valence-corrected chi connectivity index (χ1v) is 26.4. The number of esters is 2. The average molecular weight is 909 g/mol. The summed E-state index contributed by atoms with van der Waals surface area (Å²) in [6, 6.07) is 0. The van der Waals surface area contributed by atoms with E-state index in [1.165, 1.54) is 64.2 Å². The van der Waals surface area contributed by atoms with Crippen LogP contribution in [0.5, 0.6) is 0 Å². The Bertz CT molecular complexity index is 1450. The van der Waals surface area contributed by atoms with Crippen LogP contribution in [0.15, 0.2) is 146 Å². The standard InChI is InChI=1S/C61H96O5/c1-4-7-10-13-16-19-22-25-27-29-31-33-35-37-39-42-45-48-51-54-60(62)65-58-59(57-64-56-53-50-47-44-41-24-21-18-15-12-9-6-3)66-61(63)55-52-49-46-43-40-38-36-34-32-30-28-26-23-20-17-14-11-8-5-2/h7-8,10-11,16-17,19-20,25-28,31-34,37-40,45-46,48-49,59H,4-6,9,12-15,18,21-24,29-30,35-36,41-44,47,50-58H2,1-3H3/b10-7-,11-8-,19-16-,20-17-,27-25-,28-26-,33-31-,34-32-,39-37-,40-38-,48-45-,49-46-. The maximum absolute atomic E-state index is 12.8. The highest BCUT2D eigenvalue weighted by Gasteiger charge is 2.17. The summed E-state index contributed by atoms with van der Waals surface area (Å²) in [4.78, 5) is 25.4. The van der Waals surface area contributed by atoms with Gasteiger partial charge >= 0.3 is 11.9 Å². The third kappa shape index (κ3) is 52.4. The number of carbonyl (C=O) groups excluding carboxylic acids is 2. The molecule has 5 heteroatoms. The van der Waals surface area contributed by atoms with E-state index in [0.717, 1.165) is 89.9 Å². The van der Waals surface area contributed by atoms with Crippen LogP contribution in [0.25, 0.3) is 0 Å². The van der Waals surface area contributed by atoms with Gasteiger partial charge in [0.2, 0.25) is 0 Å². The maximum atomic E-state index is 12.8. The van der Waals surface area contributed by atoms with Crippen molar-refractivity contribution in [1.29, 1.82) is 0 Å². The summed E-state index contributed by atoms with van der Waals surface area (Å²) in [5, 5.41) is 0. The fourth-order valence-electron chi connectivity index (χ4n) is 6.56. The minimum Gasteiger partial charge on any atom is -0.462 e. The summed E-state index contributed by atoms with van der Waals surface area (Å²) >= 11 is 0. The van der Waals surface area contributed by atoms with E-state index >= 15 is 0 Å². The van der Waals surface area contributed by atoms with Crippen LogP contribution in [0, 0.1) is 0 Å². The van der Waals surface area contributed by atoms with E-state index in [1.807, 2.05) is 12.2 Å². The Labute approximate surface area is 406 Å². The van der Waals surface area contributed by atoms with E-state index in [2.05, 4.69) is 154 Å². The lowest BCUT2D eigenvalue weighted by atomic mass is 10.1. The van der Waals surface area contributed by atoms with Gasteiger partial charge in [0.25, 0.3) is 0 Å². The number of hydrogen-bond donors (Lipinski definition) is 0. The van der Waals surface area contributed by atoms with Crippen LogP contribution in [0.4, 0.5) is 0 Å². The molecular weight excluding hydrogens is 813 g/mol. The molecule has 0 spiro atoms. The molecule has 0 aliphatic carbocycles. The highest BCUT2D eigenvalue weighted by atomic mass is 16.6. The fourth-order valence-corrected chi connectivity index (χ4v) is 6.56. The van der Waals surface area contributed by atoms with E-state index in [1.54, 1.807) is 0 Å². The van der Waals surface area contributed by atoms with Gasteiger partial charge in [-0.15, -0.1) is 0 Å². The van der Waals surface area contributed by atoms with Crippen molar-refractivity contribution >= 4 is 11.9 Å². The Kier molecular flexibility index (Phi) is 51.6. The summed E-state index contributed by atoms with van der Waals surface area (Å²) < 4.78 is 17.3. The van der Waals surface area contributed by atoms with Crippen LogP contribution in [0.1, 0.15) is 201 Å². The largest absolute Gasteiger partial charge is 0.462 e. The molecule has 0 heterocycles. The van der Waals surface area contributed by atoms with Gasteiger partial charge in [-0.3, -0.25) is 9.59 Å². The molecule has 0 aromatic carbocycles. The van der Waals surface area contributed by atoms with Crippen LogP contribution in [-0.4, -0.2) is 37.9 Å². The van der Waals surface area contributed by atoms with Gasteiger partial charge in [0, 0.05) is 19.4 Å². The van der Waals surface area contributed by atoms with E-state index in [4.69, 9.17) is 14.2 Å². The summed E-state index contributed by atoms with van der Waals surface area (Å²) in [5.74, 6) is -0.600. The van der Waals surface area contributed by atoms with Gasteiger partial charge in [-0.2, -0.15) is 0 Å². The number of carbonyl (C=O) groups is 2. The highest BCUT2D eigenvalue weighted by molar-refractivity contribution is 5.70. The summed E-state index contributed by atoms with van der Waals surface area (Å²) in [6.45, 7) is 7.42. The fraction of sp³-hybridized carbons (Fsp3) is 0.574. The first-order chi connectivity index (χ1) is 32.6. The Morgan fingerprint density at radius 2 is 0.652 bits per heavy atom. The van der Waals surface area contributed by atoms with Gasteiger partial charge < -0.3 is 14.2 Å². The quantitative estimate of drug-likeness (QED) is 0.0346. The Morgan fingerprint density at radius 1 is 0.348 bits per heavy atom. The summed E-state index contributed by atoms with van der Waals surface area (Å²) in [6.07, 6.45) is 80.2. The van der Waals surface area contributed by atoms with Crippen LogP contribution < -0.4 is 0 Å². The molecule has 0 rings (SSSR count). The molecule has 1 unspecified atom stereocenters. The minimum atomic E-state index is -0.616. The Balaban J connectivity index is 4.52. The number of ether oxygens (including phenoxy) is 3. The predicted octanol–water partition coefficient (Wildman–Crippen LogP) is 18.1. The lowest BCUT2D eigenvalue weighted by Gasteiger charge is -2.18. The molecule has 370 valence electrons. The summed E-state index contributed by atoms with van der Waals surface area (Å²) in [5.41, 5.74) is 0. The lowest BCUT2D eigenvalue weighted by molar-refractivity contribution is -0.162. The molecular formula is C61H96O5. The first-order valence-electron chi connectivity index (χ1n) is 26.4. The zero-order valence-electron chi connectivity index (χ0n) is 42.4. The third-order valence-corrected chi connectivity index (χ3v) is 10.4. The molecule has 0 N–H and O–H groups in total. The van der Waals surface area contributed by atoms with Crippen LogP contribution in [-0.2, 0) is 23.8 Å². The van der Waals surface area contributed by atoms with E-state index in [-0.39, 0.29) is 38.0 Å². The minimum absolute atomic E-state index is 0.00663. The van der Waals surface area contributed by atoms with Gasteiger partial charge in [0.15, 0.2) is 6.10 Å². The molecule has 0 saturated carbocycles. The van der Waals surface area contributed by atoms with Crippen molar-refractivity contribution in [3.63, 3.8) is 0 Å². The Morgan fingerprint density at radius 3 is 1.00 bits per heavy atom. The molecule has 5 nitrogen and oxygen atoms in total. The monoisotopic (exact) mass is 909 g/mol. The van der Waals surface area contributed by atoms with Gasteiger partial charge in [0.1, 0.15) is 6.61 Å². The molecule has 0 radical (unpaired) electrons. The number of hydrogen-bond acceptors (Lipinski definition) is 5. The number of allylic oxidation sites excluding steroid dienone is 24. The van der Waals surface area contributed by atoms with Gasteiger partial charge in [-0.05, 0) is 96.3 Å². The highest BCUT2D eigenvalue weighted by Crippen LogP contribution is 2.12. The molecule has 66 heavy (non-hydrogen) atoms.